The highest BCUT2D eigenvalue weighted by Gasteiger charge is 2.09. The number of nitrogens with zero attached hydrogens (tertiary/aromatic N) is 3. The van der Waals surface area contributed by atoms with E-state index >= 15 is 0 Å². The molecule has 0 aliphatic rings. The van der Waals surface area contributed by atoms with Gasteiger partial charge in [0.05, 0.1) is 18.1 Å². The first-order valence-electron chi connectivity index (χ1n) is 6.38. The number of urea groups is 1. The van der Waals surface area contributed by atoms with E-state index in [2.05, 4.69) is 34.6 Å². The predicted molar refractivity (Wildman–Crippen MR) is 75.2 cm³/mol. The minimum absolute atomic E-state index is 0.0976. The summed E-state index contributed by atoms with van der Waals surface area (Å²) in [6.07, 6.45) is 3.40. The van der Waals surface area contributed by atoms with Crippen LogP contribution in [0.2, 0.25) is 0 Å². The number of rotatable bonds is 3. The minimum atomic E-state index is -0.229. The lowest BCUT2D eigenvalue weighted by atomic mass is 10.3. The second-order valence-electron chi connectivity index (χ2n) is 5.07. The number of fused-ring (bicyclic) bond motifs is 1. The van der Waals surface area contributed by atoms with Crippen molar-refractivity contribution in [1.82, 2.24) is 20.1 Å². The van der Waals surface area contributed by atoms with Crippen molar-refractivity contribution < 1.29 is 4.79 Å². The third-order valence-corrected chi connectivity index (χ3v) is 2.60. The van der Waals surface area contributed by atoms with E-state index in [-0.39, 0.29) is 18.1 Å². The van der Waals surface area contributed by atoms with Crippen LogP contribution in [0.3, 0.4) is 0 Å². The molecule has 0 aliphatic carbocycles. The van der Waals surface area contributed by atoms with Crippen molar-refractivity contribution in [2.75, 3.05) is 5.32 Å². The molecular formula is C13H19N5O. The topological polar surface area (TPSA) is 71.8 Å². The summed E-state index contributed by atoms with van der Waals surface area (Å²) in [5.41, 5.74) is 1.48. The normalized spacial score (nSPS) is 11.3. The van der Waals surface area contributed by atoms with E-state index in [1.807, 2.05) is 24.6 Å². The van der Waals surface area contributed by atoms with E-state index in [9.17, 15) is 4.79 Å². The number of carbonyl (C=O) groups excluding carboxylic acids is 1. The van der Waals surface area contributed by atoms with Gasteiger partial charge >= 0.3 is 6.03 Å². The van der Waals surface area contributed by atoms with Crippen LogP contribution in [-0.2, 0) is 0 Å². The highest BCUT2D eigenvalue weighted by atomic mass is 16.2. The average Bonchev–Trinajstić information content (AvgIpc) is 2.70. The average molecular weight is 261 g/mol. The molecule has 0 aliphatic heterocycles. The maximum absolute atomic E-state index is 11.6. The highest BCUT2D eigenvalue weighted by Crippen LogP contribution is 2.18. The van der Waals surface area contributed by atoms with E-state index in [0.29, 0.717) is 5.69 Å². The van der Waals surface area contributed by atoms with Crippen molar-refractivity contribution in [1.29, 1.82) is 0 Å². The number of anilines is 1. The van der Waals surface area contributed by atoms with Gasteiger partial charge in [-0.15, -0.1) is 0 Å². The fourth-order valence-corrected chi connectivity index (χ4v) is 1.82. The quantitative estimate of drug-likeness (QED) is 0.891. The standard InChI is InChI=1S/C13H19N5O/c1-8(2)16-13(19)17-11-5-10-6-15-18(9(3)4)12(10)14-7-11/h5-9H,1-4H3,(H2,16,17,19). The molecule has 2 aromatic rings. The summed E-state index contributed by atoms with van der Waals surface area (Å²) in [7, 11) is 0. The number of hydrogen-bond acceptors (Lipinski definition) is 3. The Morgan fingerprint density at radius 1 is 1.26 bits per heavy atom. The summed E-state index contributed by atoms with van der Waals surface area (Å²) >= 11 is 0. The Hall–Kier alpha value is -2.11. The van der Waals surface area contributed by atoms with Crippen molar-refractivity contribution in [3.63, 3.8) is 0 Å². The Morgan fingerprint density at radius 3 is 2.63 bits per heavy atom. The summed E-state index contributed by atoms with van der Waals surface area (Å²) < 4.78 is 1.85. The molecule has 2 heterocycles. The lowest BCUT2D eigenvalue weighted by molar-refractivity contribution is 0.250. The van der Waals surface area contributed by atoms with E-state index in [4.69, 9.17) is 0 Å². The molecule has 0 saturated heterocycles. The van der Waals surface area contributed by atoms with Crippen LogP contribution in [0.25, 0.3) is 11.0 Å². The lowest BCUT2D eigenvalue weighted by Crippen LogP contribution is -2.34. The summed E-state index contributed by atoms with van der Waals surface area (Å²) in [6, 6.07) is 1.99. The SMILES string of the molecule is CC(C)NC(=O)Nc1cnc2c(cnn2C(C)C)c1. The van der Waals surface area contributed by atoms with Gasteiger partial charge in [-0.05, 0) is 33.8 Å². The van der Waals surface area contributed by atoms with Crippen LogP contribution in [0, 0.1) is 0 Å². The van der Waals surface area contributed by atoms with Gasteiger partial charge in [-0.2, -0.15) is 5.10 Å². The molecule has 0 unspecified atom stereocenters. The van der Waals surface area contributed by atoms with Crippen LogP contribution >= 0.6 is 0 Å². The van der Waals surface area contributed by atoms with E-state index in [1.54, 1.807) is 12.4 Å². The van der Waals surface area contributed by atoms with Crippen molar-refractivity contribution in [2.24, 2.45) is 0 Å². The summed E-state index contributed by atoms with van der Waals surface area (Å²) in [5, 5.41) is 10.7. The van der Waals surface area contributed by atoms with Crippen LogP contribution in [-0.4, -0.2) is 26.8 Å². The molecule has 0 atom stereocenters. The maximum atomic E-state index is 11.6. The molecule has 2 amide bonds. The highest BCUT2D eigenvalue weighted by molar-refractivity contribution is 5.91. The van der Waals surface area contributed by atoms with Crippen LogP contribution < -0.4 is 10.6 Å². The number of pyridine rings is 1. The molecule has 0 bridgehead atoms. The van der Waals surface area contributed by atoms with Gasteiger partial charge in [0.15, 0.2) is 5.65 Å². The van der Waals surface area contributed by atoms with E-state index in [1.165, 1.54) is 0 Å². The van der Waals surface area contributed by atoms with Gasteiger partial charge in [0, 0.05) is 17.5 Å². The Morgan fingerprint density at radius 2 is 2.00 bits per heavy atom. The zero-order chi connectivity index (χ0) is 14.0. The monoisotopic (exact) mass is 261 g/mol. The number of hydrogen-bond donors (Lipinski definition) is 2. The van der Waals surface area contributed by atoms with Gasteiger partial charge in [-0.3, -0.25) is 0 Å². The molecule has 0 saturated carbocycles. The van der Waals surface area contributed by atoms with Gasteiger partial charge in [-0.1, -0.05) is 0 Å². The first-order valence-corrected chi connectivity index (χ1v) is 6.38. The number of aromatic nitrogens is 3. The predicted octanol–water partition coefficient (Wildman–Crippen LogP) is 2.54. The molecule has 2 N–H and O–H groups in total. The second-order valence-corrected chi connectivity index (χ2v) is 5.07. The number of amides is 2. The van der Waals surface area contributed by atoms with E-state index in [0.717, 1.165) is 11.0 Å². The second kappa shape index (κ2) is 5.26. The Bertz CT molecular complexity index is 588. The Labute approximate surface area is 112 Å². The zero-order valence-electron chi connectivity index (χ0n) is 11.6. The van der Waals surface area contributed by atoms with E-state index < -0.39 is 0 Å². The Kier molecular flexibility index (Phi) is 3.69. The third kappa shape index (κ3) is 3.01. The van der Waals surface area contributed by atoms with Crippen LogP contribution in [0.5, 0.6) is 0 Å². The third-order valence-electron chi connectivity index (χ3n) is 2.60. The molecule has 0 aromatic carbocycles. The summed E-state index contributed by atoms with van der Waals surface area (Å²) in [5.74, 6) is 0. The first kappa shape index (κ1) is 13.3. The maximum Gasteiger partial charge on any atom is 0.319 e. The fourth-order valence-electron chi connectivity index (χ4n) is 1.82. The first-order chi connectivity index (χ1) is 8.97. The molecular weight excluding hydrogens is 242 g/mol. The van der Waals surface area contributed by atoms with Crippen LogP contribution in [0.4, 0.5) is 10.5 Å². The number of carbonyl (C=O) groups is 1. The molecule has 102 valence electrons. The van der Waals surface area contributed by atoms with Crippen molar-refractivity contribution in [3.8, 4) is 0 Å². The van der Waals surface area contributed by atoms with Gasteiger partial charge in [-0.25, -0.2) is 14.5 Å². The van der Waals surface area contributed by atoms with Gasteiger partial charge in [0.2, 0.25) is 0 Å². The summed E-state index contributed by atoms with van der Waals surface area (Å²) in [6.45, 7) is 7.92. The van der Waals surface area contributed by atoms with Crippen LogP contribution in [0.15, 0.2) is 18.5 Å². The van der Waals surface area contributed by atoms with Gasteiger partial charge in [0.25, 0.3) is 0 Å². The number of nitrogens with one attached hydrogen (secondary N) is 2. The van der Waals surface area contributed by atoms with Crippen molar-refractivity contribution in [2.45, 2.75) is 39.8 Å². The minimum Gasteiger partial charge on any atom is -0.336 e. The molecule has 0 radical (unpaired) electrons. The molecule has 2 rings (SSSR count). The fraction of sp³-hybridized carbons (Fsp3) is 0.462. The van der Waals surface area contributed by atoms with Crippen LogP contribution in [0.1, 0.15) is 33.7 Å². The summed E-state index contributed by atoms with van der Waals surface area (Å²) in [4.78, 5) is 16.0. The molecule has 19 heavy (non-hydrogen) atoms. The largest absolute Gasteiger partial charge is 0.336 e. The van der Waals surface area contributed by atoms with Gasteiger partial charge in [0.1, 0.15) is 0 Å². The van der Waals surface area contributed by atoms with Crippen molar-refractivity contribution >= 4 is 22.8 Å². The molecule has 0 fully saturated rings. The lowest BCUT2D eigenvalue weighted by Gasteiger charge is -2.10. The molecule has 6 heteroatoms. The molecule has 0 spiro atoms. The zero-order valence-corrected chi connectivity index (χ0v) is 11.6. The van der Waals surface area contributed by atoms with Crippen molar-refractivity contribution in [3.05, 3.63) is 18.5 Å². The molecule has 6 nitrogen and oxygen atoms in total. The van der Waals surface area contributed by atoms with Gasteiger partial charge < -0.3 is 10.6 Å². The molecule has 2 aromatic heterocycles. The Balaban J connectivity index is 2.21. The smallest absolute Gasteiger partial charge is 0.319 e.